The standard InChI is InChI=1S/C29H31ClN6O2/c1-18-13-21-15-23(28(37)31-25(21)14-19(18)2)26(27-32-33-34-36(27)29(3,4)5)35(17-22-10-8-12-38-22)16-20-9-6-7-11-24(20)30/h6-15,26H,16-17H2,1-5H3,(H,31,37). The summed E-state index contributed by atoms with van der Waals surface area (Å²) in [6.07, 6.45) is 1.64. The second-order valence-corrected chi connectivity index (χ2v) is 11.1. The average molecular weight is 531 g/mol. The number of pyridine rings is 1. The van der Waals surface area contributed by atoms with Gasteiger partial charge in [-0.3, -0.25) is 9.69 Å². The molecule has 196 valence electrons. The van der Waals surface area contributed by atoms with Crippen LogP contribution in [-0.2, 0) is 18.6 Å². The van der Waals surface area contributed by atoms with Crippen molar-refractivity contribution >= 4 is 22.5 Å². The van der Waals surface area contributed by atoms with Gasteiger partial charge in [-0.05, 0) is 104 Å². The summed E-state index contributed by atoms with van der Waals surface area (Å²) in [5, 5.41) is 14.4. The summed E-state index contributed by atoms with van der Waals surface area (Å²) in [5.74, 6) is 1.31. The molecule has 0 spiro atoms. The lowest BCUT2D eigenvalue weighted by Crippen LogP contribution is -2.37. The van der Waals surface area contributed by atoms with Crippen molar-refractivity contribution in [2.24, 2.45) is 0 Å². The molecule has 5 rings (SSSR count). The minimum Gasteiger partial charge on any atom is -0.468 e. The van der Waals surface area contributed by atoms with Crippen LogP contribution in [0.5, 0.6) is 0 Å². The van der Waals surface area contributed by atoms with Gasteiger partial charge in [0.05, 0.1) is 18.3 Å². The number of hydrogen-bond acceptors (Lipinski definition) is 6. The summed E-state index contributed by atoms with van der Waals surface area (Å²) in [4.78, 5) is 19.0. The second kappa shape index (κ2) is 10.2. The number of furan rings is 1. The Labute approximate surface area is 226 Å². The first-order valence-electron chi connectivity index (χ1n) is 12.5. The lowest BCUT2D eigenvalue weighted by Gasteiger charge is -2.32. The molecular formula is C29H31ClN6O2. The summed E-state index contributed by atoms with van der Waals surface area (Å²) in [6, 6.07) is 16.9. The maximum Gasteiger partial charge on any atom is 0.253 e. The number of tetrazole rings is 1. The number of aryl methyl sites for hydroxylation is 2. The first kappa shape index (κ1) is 25.9. The summed E-state index contributed by atoms with van der Waals surface area (Å²) < 4.78 is 7.52. The Hall–Kier alpha value is -3.75. The molecule has 0 aliphatic rings. The zero-order chi connectivity index (χ0) is 27.0. The molecule has 0 saturated carbocycles. The van der Waals surface area contributed by atoms with Crippen molar-refractivity contribution in [2.75, 3.05) is 0 Å². The van der Waals surface area contributed by atoms with Crippen LogP contribution in [0.25, 0.3) is 10.9 Å². The Morgan fingerprint density at radius 1 is 1.05 bits per heavy atom. The van der Waals surface area contributed by atoms with Crippen LogP contribution in [0.2, 0.25) is 5.02 Å². The molecule has 1 unspecified atom stereocenters. The van der Waals surface area contributed by atoms with Crippen LogP contribution in [0, 0.1) is 13.8 Å². The maximum absolute atomic E-state index is 13.7. The van der Waals surface area contributed by atoms with Crippen molar-refractivity contribution in [1.29, 1.82) is 0 Å². The third-order valence-electron chi connectivity index (χ3n) is 6.79. The molecule has 1 atom stereocenters. The number of aromatic nitrogens is 5. The Kier molecular flexibility index (Phi) is 6.94. The molecule has 1 N–H and O–H groups in total. The molecule has 0 bridgehead atoms. The van der Waals surface area contributed by atoms with Gasteiger partial charge in [-0.1, -0.05) is 29.8 Å². The first-order valence-corrected chi connectivity index (χ1v) is 12.9. The van der Waals surface area contributed by atoms with Gasteiger partial charge in [-0.2, -0.15) is 0 Å². The first-order chi connectivity index (χ1) is 18.1. The van der Waals surface area contributed by atoms with Gasteiger partial charge in [0.25, 0.3) is 5.56 Å². The van der Waals surface area contributed by atoms with E-state index in [1.54, 1.807) is 10.9 Å². The van der Waals surface area contributed by atoms with Gasteiger partial charge in [0, 0.05) is 22.6 Å². The van der Waals surface area contributed by atoms with Crippen LogP contribution >= 0.6 is 11.6 Å². The highest BCUT2D eigenvalue weighted by atomic mass is 35.5. The minimum absolute atomic E-state index is 0.196. The predicted octanol–water partition coefficient (Wildman–Crippen LogP) is 5.92. The molecule has 0 aliphatic carbocycles. The fourth-order valence-corrected chi connectivity index (χ4v) is 4.92. The fourth-order valence-electron chi connectivity index (χ4n) is 4.72. The molecule has 3 aromatic heterocycles. The predicted molar refractivity (Wildman–Crippen MR) is 148 cm³/mol. The Balaban J connectivity index is 1.75. The molecule has 3 heterocycles. The molecular weight excluding hydrogens is 500 g/mol. The summed E-state index contributed by atoms with van der Waals surface area (Å²) in [6.45, 7) is 11.0. The van der Waals surface area contributed by atoms with Gasteiger partial charge in [0.2, 0.25) is 0 Å². The van der Waals surface area contributed by atoms with E-state index in [4.69, 9.17) is 16.0 Å². The normalized spacial score (nSPS) is 12.9. The maximum atomic E-state index is 13.7. The Bertz CT molecular complexity index is 1630. The molecule has 5 aromatic rings. The highest BCUT2D eigenvalue weighted by molar-refractivity contribution is 6.31. The van der Waals surface area contributed by atoms with Crippen LogP contribution in [0.1, 0.15) is 60.7 Å². The van der Waals surface area contributed by atoms with Crippen molar-refractivity contribution in [3.8, 4) is 0 Å². The van der Waals surface area contributed by atoms with E-state index in [-0.39, 0.29) is 5.56 Å². The highest BCUT2D eigenvalue weighted by Gasteiger charge is 2.34. The quantitative estimate of drug-likeness (QED) is 0.280. The molecule has 2 aromatic carbocycles. The fraction of sp³-hybridized carbons (Fsp3) is 0.310. The summed E-state index contributed by atoms with van der Waals surface area (Å²) >= 11 is 6.61. The molecule has 0 aliphatic heterocycles. The van der Waals surface area contributed by atoms with Crippen LogP contribution in [-0.4, -0.2) is 30.1 Å². The van der Waals surface area contributed by atoms with E-state index >= 15 is 0 Å². The molecule has 9 heteroatoms. The van der Waals surface area contributed by atoms with Gasteiger partial charge in [0.15, 0.2) is 5.82 Å². The molecule has 0 saturated heterocycles. The summed E-state index contributed by atoms with van der Waals surface area (Å²) in [7, 11) is 0. The number of fused-ring (bicyclic) bond motifs is 1. The second-order valence-electron chi connectivity index (χ2n) is 10.7. The van der Waals surface area contributed by atoms with E-state index in [0.29, 0.717) is 29.5 Å². The molecule has 38 heavy (non-hydrogen) atoms. The number of nitrogens with zero attached hydrogens (tertiary/aromatic N) is 5. The van der Waals surface area contributed by atoms with Crippen molar-refractivity contribution < 1.29 is 4.42 Å². The Morgan fingerprint density at radius 2 is 1.82 bits per heavy atom. The van der Waals surface area contributed by atoms with E-state index in [9.17, 15) is 4.79 Å². The van der Waals surface area contributed by atoms with Crippen molar-refractivity contribution in [3.05, 3.63) is 110 Å². The van der Waals surface area contributed by atoms with Crippen LogP contribution in [0.15, 0.2) is 70.1 Å². The molecule has 0 fully saturated rings. The van der Waals surface area contributed by atoms with Crippen LogP contribution < -0.4 is 5.56 Å². The third kappa shape index (κ3) is 5.14. The summed E-state index contributed by atoms with van der Waals surface area (Å²) in [5.41, 5.74) is 3.90. The number of halogens is 1. The monoisotopic (exact) mass is 530 g/mol. The number of hydrogen-bond donors (Lipinski definition) is 1. The smallest absolute Gasteiger partial charge is 0.253 e. The van der Waals surface area contributed by atoms with E-state index < -0.39 is 11.6 Å². The van der Waals surface area contributed by atoms with Gasteiger partial charge in [-0.25, -0.2) is 4.68 Å². The topological polar surface area (TPSA) is 92.8 Å². The Morgan fingerprint density at radius 3 is 2.53 bits per heavy atom. The minimum atomic E-state index is -0.597. The number of aromatic amines is 1. The number of nitrogens with one attached hydrogen (secondary N) is 1. The number of H-pyrrole nitrogens is 1. The highest BCUT2D eigenvalue weighted by Crippen LogP contribution is 2.33. The van der Waals surface area contributed by atoms with Gasteiger partial charge in [-0.15, -0.1) is 5.10 Å². The van der Waals surface area contributed by atoms with E-state index in [0.717, 1.165) is 33.4 Å². The van der Waals surface area contributed by atoms with Gasteiger partial charge >= 0.3 is 0 Å². The van der Waals surface area contributed by atoms with Crippen molar-refractivity contribution in [1.82, 2.24) is 30.1 Å². The van der Waals surface area contributed by atoms with Crippen molar-refractivity contribution in [3.63, 3.8) is 0 Å². The largest absolute Gasteiger partial charge is 0.468 e. The number of benzene rings is 2. The lowest BCUT2D eigenvalue weighted by atomic mass is 9.99. The van der Waals surface area contributed by atoms with E-state index in [1.165, 1.54) is 0 Å². The lowest BCUT2D eigenvalue weighted by molar-refractivity contribution is 0.171. The number of rotatable bonds is 7. The van der Waals surface area contributed by atoms with Gasteiger partial charge in [0.1, 0.15) is 11.8 Å². The zero-order valence-corrected chi connectivity index (χ0v) is 23.0. The third-order valence-corrected chi connectivity index (χ3v) is 7.16. The van der Waals surface area contributed by atoms with E-state index in [1.807, 2.05) is 76.2 Å². The van der Waals surface area contributed by atoms with Crippen molar-refractivity contribution in [2.45, 2.75) is 59.3 Å². The zero-order valence-electron chi connectivity index (χ0n) is 22.2. The van der Waals surface area contributed by atoms with Crippen LogP contribution in [0.3, 0.4) is 0 Å². The van der Waals surface area contributed by atoms with Crippen LogP contribution in [0.4, 0.5) is 0 Å². The molecule has 8 nitrogen and oxygen atoms in total. The SMILES string of the molecule is Cc1cc2cc(C(c3nnnn3C(C)(C)C)N(Cc3ccco3)Cc3ccccc3Cl)c(=O)[nH]c2cc1C. The van der Waals surface area contributed by atoms with E-state index in [2.05, 4.69) is 38.4 Å². The molecule has 0 amide bonds. The van der Waals surface area contributed by atoms with Gasteiger partial charge < -0.3 is 9.40 Å². The molecule has 0 radical (unpaired) electrons. The average Bonchev–Trinajstić information content (AvgIpc) is 3.55.